The average molecular weight is 375 g/mol. The second-order valence-electron chi connectivity index (χ2n) is 7.00. The number of benzene rings is 2. The first-order valence-electron chi connectivity index (χ1n) is 9.18. The van der Waals surface area contributed by atoms with Crippen LogP contribution in [0, 0.1) is 13.8 Å². The van der Waals surface area contributed by atoms with E-state index in [2.05, 4.69) is 15.6 Å². The second-order valence-corrected chi connectivity index (χ2v) is 7.00. The minimum Gasteiger partial charge on any atom is -0.479 e. The Labute approximate surface area is 162 Å². The maximum atomic E-state index is 12.6. The summed E-state index contributed by atoms with van der Waals surface area (Å²) in [6.45, 7) is 5.64. The standard InChI is InChI=1S/C22H21N3O3/c1-12-16-6-4-5-7-18(16)23-13(2)17(12)11-21(26)24-15-8-9-20-19(10-15)25-22(27)14(3)28-20/h4-10,14H,11H2,1-3H3,(H,24,26)(H,25,27). The van der Waals surface area contributed by atoms with E-state index in [0.717, 1.165) is 27.7 Å². The quantitative estimate of drug-likeness (QED) is 0.731. The lowest BCUT2D eigenvalue weighted by molar-refractivity contribution is -0.122. The van der Waals surface area contributed by atoms with Gasteiger partial charge < -0.3 is 15.4 Å². The topological polar surface area (TPSA) is 80.3 Å². The Morgan fingerprint density at radius 3 is 2.82 bits per heavy atom. The molecule has 1 aromatic heterocycles. The molecule has 2 heterocycles. The Morgan fingerprint density at radius 2 is 2.00 bits per heavy atom. The van der Waals surface area contributed by atoms with Crippen molar-refractivity contribution in [3.05, 3.63) is 59.3 Å². The van der Waals surface area contributed by atoms with Gasteiger partial charge in [0.2, 0.25) is 5.91 Å². The summed E-state index contributed by atoms with van der Waals surface area (Å²) in [5.74, 6) is 0.250. The van der Waals surface area contributed by atoms with E-state index >= 15 is 0 Å². The molecule has 2 aromatic carbocycles. The number of nitrogens with zero attached hydrogens (tertiary/aromatic N) is 1. The van der Waals surface area contributed by atoms with Crippen LogP contribution < -0.4 is 15.4 Å². The van der Waals surface area contributed by atoms with Crippen LogP contribution in [0.3, 0.4) is 0 Å². The molecule has 1 aliphatic rings. The third-order valence-corrected chi connectivity index (χ3v) is 5.02. The monoisotopic (exact) mass is 375 g/mol. The summed E-state index contributed by atoms with van der Waals surface area (Å²) in [5, 5.41) is 6.74. The smallest absolute Gasteiger partial charge is 0.265 e. The highest BCUT2D eigenvalue weighted by molar-refractivity contribution is 5.99. The Bertz CT molecular complexity index is 1110. The van der Waals surface area contributed by atoms with Crippen LogP contribution in [-0.2, 0) is 16.0 Å². The van der Waals surface area contributed by atoms with Crippen molar-refractivity contribution in [1.29, 1.82) is 0 Å². The maximum absolute atomic E-state index is 12.6. The molecule has 0 saturated carbocycles. The molecule has 1 aliphatic heterocycles. The summed E-state index contributed by atoms with van der Waals surface area (Å²) in [5.41, 5.74) is 4.94. The first-order chi connectivity index (χ1) is 13.4. The largest absolute Gasteiger partial charge is 0.479 e. The predicted molar refractivity (Wildman–Crippen MR) is 109 cm³/mol. The van der Waals surface area contributed by atoms with Gasteiger partial charge in [-0.1, -0.05) is 18.2 Å². The molecule has 28 heavy (non-hydrogen) atoms. The number of amides is 2. The molecule has 6 heteroatoms. The van der Waals surface area contributed by atoms with Gasteiger partial charge in [0.25, 0.3) is 5.91 Å². The molecule has 0 aliphatic carbocycles. The number of carbonyl (C=O) groups excluding carboxylic acids is 2. The van der Waals surface area contributed by atoms with Crippen LogP contribution in [0.2, 0.25) is 0 Å². The van der Waals surface area contributed by atoms with Gasteiger partial charge in [-0.25, -0.2) is 0 Å². The highest BCUT2D eigenvalue weighted by atomic mass is 16.5. The lowest BCUT2D eigenvalue weighted by Crippen LogP contribution is -2.34. The van der Waals surface area contributed by atoms with Gasteiger partial charge >= 0.3 is 0 Å². The normalized spacial score (nSPS) is 15.5. The van der Waals surface area contributed by atoms with E-state index in [9.17, 15) is 9.59 Å². The summed E-state index contributed by atoms with van der Waals surface area (Å²) < 4.78 is 5.54. The van der Waals surface area contributed by atoms with Crippen molar-refractivity contribution < 1.29 is 14.3 Å². The molecule has 142 valence electrons. The number of nitrogens with one attached hydrogen (secondary N) is 2. The first kappa shape index (κ1) is 18.0. The molecular weight excluding hydrogens is 354 g/mol. The van der Waals surface area contributed by atoms with Crippen LogP contribution in [0.1, 0.15) is 23.7 Å². The zero-order valence-corrected chi connectivity index (χ0v) is 16.0. The third-order valence-electron chi connectivity index (χ3n) is 5.02. The van der Waals surface area contributed by atoms with Gasteiger partial charge in [-0.05, 0) is 56.2 Å². The van der Waals surface area contributed by atoms with Gasteiger partial charge in [0.15, 0.2) is 6.10 Å². The Kier molecular flexibility index (Phi) is 4.47. The number of anilines is 2. The number of aromatic nitrogens is 1. The number of pyridine rings is 1. The molecule has 1 atom stereocenters. The number of aryl methyl sites for hydroxylation is 2. The summed E-state index contributed by atoms with van der Waals surface area (Å²) in [4.78, 5) is 29.1. The SMILES string of the molecule is Cc1nc2ccccc2c(C)c1CC(=O)Nc1ccc2c(c1)NC(=O)C(C)O2. The molecule has 0 fully saturated rings. The van der Waals surface area contributed by atoms with Gasteiger partial charge in [-0.3, -0.25) is 14.6 Å². The molecule has 3 aromatic rings. The van der Waals surface area contributed by atoms with Crippen LogP contribution >= 0.6 is 0 Å². The van der Waals surface area contributed by atoms with Gasteiger partial charge in [0.05, 0.1) is 17.6 Å². The van der Waals surface area contributed by atoms with E-state index in [0.29, 0.717) is 17.1 Å². The van der Waals surface area contributed by atoms with Crippen LogP contribution in [-0.4, -0.2) is 22.9 Å². The minimum absolute atomic E-state index is 0.139. The van der Waals surface area contributed by atoms with E-state index in [1.807, 2.05) is 38.1 Å². The first-order valence-corrected chi connectivity index (χ1v) is 9.18. The molecule has 2 amide bonds. The van der Waals surface area contributed by atoms with Crippen LogP contribution in [0.5, 0.6) is 5.75 Å². The van der Waals surface area contributed by atoms with Crippen molar-refractivity contribution in [1.82, 2.24) is 4.98 Å². The minimum atomic E-state index is -0.528. The summed E-state index contributed by atoms with van der Waals surface area (Å²) in [7, 11) is 0. The van der Waals surface area contributed by atoms with Gasteiger partial charge in [-0.2, -0.15) is 0 Å². The zero-order chi connectivity index (χ0) is 19.8. The predicted octanol–water partition coefficient (Wildman–Crippen LogP) is 3.75. The number of hydrogen-bond acceptors (Lipinski definition) is 4. The van der Waals surface area contributed by atoms with Gasteiger partial charge in [0, 0.05) is 16.8 Å². The number of carbonyl (C=O) groups is 2. The Hall–Kier alpha value is -3.41. The molecule has 4 rings (SSSR count). The van der Waals surface area contributed by atoms with E-state index in [4.69, 9.17) is 4.74 Å². The Morgan fingerprint density at radius 1 is 1.21 bits per heavy atom. The summed E-state index contributed by atoms with van der Waals surface area (Å²) >= 11 is 0. The lowest BCUT2D eigenvalue weighted by atomic mass is 9.99. The molecular formula is C22H21N3O3. The Balaban J connectivity index is 1.55. The van der Waals surface area contributed by atoms with Crippen LogP contribution in [0.4, 0.5) is 11.4 Å². The molecule has 2 N–H and O–H groups in total. The average Bonchev–Trinajstić information content (AvgIpc) is 2.66. The molecule has 0 bridgehead atoms. The lowest BCUT2D eigenvalue weighted by Gasteiger charge is -2.23. The van der Waals surface area contributed by atoms with Crippen LogP contribution in [0.25, 0.3) is 10.9 Å². The number of hydrogen-bond donors (Lipinski definition) is 2. The zero-order valence-electron chi connectivity index (χ0n) is 16.0. The van der Waals surface area contributed by atoms with Crippen molar-refractivity contribution >= 4 is 34.1 Å². The van der Waals surface area contributed by atoms with Crippen molar-refractivity contribution in [2.75, 3.05) is 10.6 Å². The number of para-hydroxylation sites is 1. The fourth-order valence-corrected chi connectivity index (χ4v) is 3.48. The highest BCUT2D eigenvalue weighted by Crippen LogP contribution is 2.32. The second kappa shape index (κ2) is 6.96. The number of ether oxygens (including phenoxy) is 1. The van der Waals surface area contributed by atoms with Gasteiger partial charge in [0.1, 0.15) is 5.75 Å². The van der Waals surface area contributed by atoms with Crippen molar-refractivity contribution in [3.8, 4) is 5.75 Å². The molecule has 0 spiro atoms. The molecule has 0 saturated heterocycles. The summed E-state index contributed by atoms with van der Waals surface area (Å²) in [6.07, 6.45) is -0.300. The maximum Gasteiger partial charge on any atom is 0.265 e. The number of fused-ring (bicyclic) bond motifs is 2. The fourth-order valence-electron chi connectivity index (χ4n) is 3.48. The van der Waals surface area contributed by atoms with Crippen molar-refractivity contribution in [2.24, 2.45) is 0 Å². The van der Waals surface area contributed by atoms with E-state index in [1.54, 1.807) is 25.1 Å². The number of rotatable bonds is 3. The molecule has 1 unspecified atom stereocenters. The summed E-state index contributed by atoms with van der Waals surface area (Å²) in [6, 6.07) is 13.1. The van der Waals surface area contributed by atoms with Crippen molar-refractivity contribution in [3.63, 3.8) is 0 Å². The molecule has 0 radical (unpaired) electrons. The molecule has 6 nitrogen and oxygen atoms in total. The third kappa shape index (κ3) is 3.29. The van der Waals surface area contributed by atoms with Gasteiger partial charge in [-0.15, -0.1) is 0 Å². The van der Waals surface area contributed by atoms with Crippen molar-refractivity contribution in [2.45, 2.75) is 33.3 Å². The van der Waals surface area contributed by atoms with E-state index in [1.165, 1.54) is 0 Å². The highest BCUT2D eigenvalue weighted by Gasteiger charge is 2.23. The van der Waals surface area contributed by atoms with E-state index in [-0.39, 0.29) is 18.2 Å². The fraction of sp³-hybridized carbons (Fsp3) is 0.227. The van der Waals surface area contributed by atoms with E-state index < -0.39 is 6.10 Å². The van der Waals surface area contributed by atoms with Crippen LogP contribution in [0.15, 0.2) is 42.5 Å².